The summed E-state index contributed by atoms with van der Waals surface area (Å²) in [6.45, 7) is 2.18. The van der Waals surface area contributed by atoms with E-state index in [-0.39, 0.29) is 11.7 Å². The van der Waals surface area contributed by atoms with Crippen LogP contribution in [-0.4, -0.2) is 33.5 Å². The molecule has 1 heterocycles. The number of ether oxygens (including phenoxy) is 1. The van der Waals surface area contributed by atoms with Gasteiger partial charge in [-0.05, 0) is 79.1 Å². The van der Waals surface area contributed by atoms with Gasteiger partial charge in [0.1, 0.15) is 5.75 Å². The van der Waals surface area contributed by atoms with Gasteiger partial charge < -0.3 is 10.1 Å². The molecule has 6 nitrogen and oxygen atoms in total. The molecule has 8 heteroatoms. The van der Waals surface area contributed by atoms with Crippen LogP contribution >= 0.6 is 23.4 Å². The number of methoxy groups -OCH3 is 1. The Balaban J connectivity index is 1.51. The van der Waals surface area contributed by atoms with Gasteiger partial charge in [0.15, 0.2) is 11.0 Å². The van der Waals surface area contributed by atoms with E-state index < -0.39 is 0 Å². The van der Waals surface area contributed by atoms with E-state index in [1.165, 1.54) is 17.3 Å². The number of unbranched alkanes of at least 4 members (excludes halogenated alkanes) is 1. The summed E-state index contributed by atoms with van der Waals surface area (Å²) in [7, 11) is 1.63. The highest BCUT2D eigenvalue weighted by Crippen LogP contribution is 2.29. The lowest BCUT2D eigenvalue weighted by molar-refractivity contribution is -0.113. The maximum atomic E-state index is 12.7. The van der Waals surface area contributed by atoms with E-state index in [0.29, 0.717) is 16.0 Å². The average Bonchev–Trinajstić information content (AvgIpc) is 3.31. The van der Waals surface area contributed by atoms with Crippen molar-refractivity contribution in [3.63, 3.8) is 0 Å². The van der Waals surface area contributed by atoms with Crippen molar-refractivity contribution in [2.75, 3.05) is 18.2 Å². The summed E-state index contributed by atoms with van der Waals surface area (Å²) < 4.78 is 7.20. The largest absolute Gasteiger partial charge is 0.497 e. The number of nitrogens with one attached hydrogen (secondary N) is 1. The van der Waals surface area contributed by atoms with Crippen LogP contribution in [0.15, 0.2) is 78.0 Å². The first-order chi connectivity index (χ1) is 17.1. The van der Waals surface area contributed by atoms with Gasteiger partial charge in [-0.25, -0.2) is 0 Å². The van der Waals surface area contributed by atoms with E-state index in [2.05, 4.69) is 34.6 Å². The van der Waals surface area contributed by atoms with E-state index >= 15 is 0 Å². The highest BCUT2D eigenvalue weighted by Gasteiger charge is 2.17. The molecule has 4 rings (SSSR count). The van der Waals surface area contributed by atoms with Gasteiger partial charge >= 0.3 is 0 Å². The van der Waals surface area contributed by atoms with Crippen molar-refractivity contribution in [1.82, 2.24) is 14.8 Å². The predicted molar refractivity (Wildman–Crippen MR) is 143 cm³/mol. The molecule has 0 atom stereocenters. The molecule has 180 valence electrons. The molecule has 0 saturated carbocycles. The summed E-state index contributed by atoms with van der Waals surface area (Å²) in [6, 6.07) is 23.1. The number of aromatic nitrogens is 3. The summed E-state index contributed by atoms with van der Waals surface area (Å²) in [5.74, 6) is 1.52. The number of thioether (sulfide) groups is 1. The fraction of sp³-hybridized carbons (Fsp3) is 0.222. The monoisotopic (exact) mass is 506 g/mol. The number of hydrogen-bond acceptors (Lipinski definition) is 5. The van der Waals surface area contributed by atoms with Crippen LogP contribution in [-0.2, 0) is 11.2 Å². The van der Waals surface area contributed by atoms with Gasteiger partial charge in [0.25, 0.3) is 0 Å². The van der Waals surface area contributed by atoms with Crippen molar-refractivity contribution in [2.24, 2.45) is 0 Å². The number of carbonyl (C=O) groups is 1. The zero-order chi connectivity index (χ0) is 24.6. The van der Waals surface area contributed by atoms with Crippen molar-refractivity contribution < 1.29 is 9.53 Å². The molecule has 0 unspecified atom stereocenters. The minimum Gasteiger partial charge on any atom is -0.497 e. The molecule has 0 spiro atoms. The Morgan fingerprint density at radius 1 is 1.00 bits per heavy atom. The van der Waals surface area contributed by atoms with Crippen LogP contribution in [0.3, 0.4) is 0 Å². The fourth-order valence-corrected chi connectivity index (χ4v) is 4.45. The highest BCUT2D eigenvalue weighted by atomic mass is 35.5. The molecular formula is C27H27ClN4O2S. The normalized spacial score (nSPS) is 10.8. The van der Waals surface area contributed by atoms with Gasteiger partial charge in [0.2, 0.25) is 5.91 Å². The van der Waals surface area contributed by atoms with Gasteiger partial charge in [0, 0.05) is 22.0 Å². The van der Waals surface area contributed by atoms with E-state index in [9.17, 15) is 4.79 Å². The lowest BCUT2D eigenvalue weighted by Gasteiger charge is -2.11. The average molecular weight is 507 g/mol. The van der Waals surface area contributed by atoms with Crippen LogP contribution in [0, 0.1) is 0 Å². The third-order valence-electron chi connectivity index (χ3n) is 5.46. The Kier molecular flexibility index (Phi) is 8.45. The fourth-order valence-electron chi connectivity index (χ4n) is 3.58. The van der Waals surface area contributed by atoms with Crippen molar-refractivity contribution in [3.05, 3.63) is 83.4 Å². The van der Waals surface area contributed by atoms with Gasteiger partial charge in [-0.2, -0.15) is 0 Å². The van der Waals surface area contributed by atoms with E-state index in [1.54, 1.807) is 7.11 Å². The van der Waals surface area contributed by atoms with Crippen LogP contribution < -0.4 is 10.1 Å². The molecule has 0 saturated heterocycles. The van der Waals surface area contributed by atoms with Gasteiger partial charge in [-0.3, -0.25) is 9.36 Å². The van der Waals surface area contributed by atoms with Crippen molar-refractivity contribution >= 4 is 35.0 Å². The molecule has 0 fully saturated rings. The Morgan fingerprint density at radius 2 is 1.71 bits per heavy atom. The second-order valence-electron chi connectivity index (χ2n) is 7.98. The van der Waals surface area contributed by atoms with Crippen LogP contribution in [0.4, 0.5) is 5.69 Å². The number of anilines is 1. The van der Waals surface area contributed by atoms with Gasteiger partial charge in [-0.15, -0.1) is 10.2 Å². The maximum Gasteiger partial charge on any atom is 0.234 e. The number of halogens is 1. The zero-order valence-corrected chi connectivity index (χ0v) is 21.3. The van der Waals surface area contributed by atoms with E-state index in [1.807, 2.05) is 65.2 Å². The Labute approximate surface area is 214 Å². The van der Waals surface area contributed by atoms with Crippen LogP contribution in [0.1, 0.15) is 25.3 Å². The Morgan fingerprint density at radius 3 is 2.37 bits per heavy atom. The Hall–Kier alpha value is -3.29. The molecule has 1 N–H and O–H groups in total. The summed E-state index contributed by atoms with van der Waals surface area (Å²) in [5.41, 5.74) is 3.80. The lowest BCUT2D eigenvalue weighted by Crippen LogP contribution is -2.14. The number of nitrogens with zero attached hydrogens (tertiary/aromatic N) is 3. The number of amides is 1. The molecule has 0 aliphatic heterocycles. The van der Waals surface area contributed by atoms with Crippen LogP contribution in [0.2, 0.25) is 5.02 Å². The predicted octanol–water partition coefficient (Wildman–Crippen LogP) is 6.67. The molecule has 1 aromatic heterocycles. The number of benzene rings is 3. The Bertz CT molecular complexity index is 1260. The summed E-state index contributed by atoms with van der Waals surface area (Å²) in [6.07, 6.45) is 3.38. The number of hydrogen-bond donors (Lipinski definition) is 1. The minimum atomic E-state index is -0.104. The zero-order valence-electron chi connectivity index (χ0n) is 19.7. The first-order valence-corrected chi connectivity index (χ1v) is 12.8. The third-order valence-corrected chi connectivity index (χ3v) is 6.64. The number of rotatable bonds is 10. The maximum absolute atomic E-state index is 12.7. The van der Waals surface area contributed by atoms with E-state index in [0.717, 1.165) is 42.0 Å². The molecular weight excluding hydrogens is 480 g/mol. The summed E-state index contributed by atoms with van der Waals surface area (Å²) in [4.78, 5) is 12.7. The van der Waals surface area contributed by atoms with Crippen molar-refractivity contribution in [2.45, 2.75) is 31.3 Å². The SMILES string of the molecule is CCCCc1ccc(NC(=O)CSc2nnc(-c3ccc(OC)cc3)n2-c2ccc(Cl)cc2)cc1. The molecule has 1 amide bonds. The number of carbonyl (C=O) groups excluding carboxylic acids is 1. The summed E-state index contributed by atoms with van der Waals surface area (Å²) in [5, 5.41) is 13.0. The standard InChI is InChI=1S/C27H27ClN4O2S/c1-3-4-5-19-6-12-22(13-7-19)29-25(33)18-35-27-31-30-26(20-8-16-24(34-2)17-9-20)32(27)23-14-10-21(28)11-15-23/h6-17H,3-5,18H2,1-2H3,(H,29,33). The second kappa shape index (κ2) is 11.9. The molecule has 4 aromatic rings. The molecule has 3 aromatic carbocycles. The highest BCUT2D eigenvalue weighted by molar-refractivity contribution is 7.99. The second-order valence-corrected chi connectivity index (χ2v) is 9.36. The molecule has 0 bridgehead atoms. The first kappa shape index (κ1) is 24.8. The molecule has 0 radical (unpaired) electrons. The smallest absolute Gasteiger partial charge is 0.234 e. The van der Waals surface area contributed by atoms with E-state index in [4.69, 9.17) is 16.3 Å². The summed E-state index contributed by atoms with van der Waals surface area (Å²) >= 11 is 7.44. The molecule has 35 heavy (non-hydrogen) atoms. The topological polar surface area (TPSA) is 69.0 Å². The van der Waals surface area contributed by atoms with Crippen molar-refractivity contribution in [3.8, 4) is 22.8 Å². The molecule has 0 aliphatic rings. The first-order valence-electron chi connectivity index (χ1n) is 11.4. The van der Waals surface area contributed by atoms with Crippen molar-refractivity contribution in [1.29, 1.82) is 0 Å². The van der Waals surface area contributed by atoms with Crippen LogP contribution in [0.25, 0.3) is 17.1 Å². The minimum absolute atomic E-state index is 0.104. The number of aryl methyl sites for hydroxylation is 1. The van der Waals surface area contributed by atoms with Gasteiger partial charge in [0.05, 0.1) is 12.9 Å². The van der Waals surface area contributed by atoms with Crippen LogP contribution in [0.5, 0.6) is 5.75 Å². The molecule has 0 aliphatic carbocycles. The lowest BCUT2D eigenvalue weighted by atomic mass is 10.1. The quantitative estimate of drug-likeness (QED) is 0.243. The third kappa shape index (κ3) is 6.44. The van der Waals surface area contributed by atoms with Gasteiger partial charge in [-0.1, -0.05) is 48.8 Å².